The topological polar surface area (TPSA) is 45.1 Å². The molecule has 0 saturated heterocycles. The molecule has 1 aromatic rings. The third-order valence-corrected chi connectivity index (χ3v) is 4.08. The monoisotopic (exact) mass is 304 g/mol. The summed E-state index contributed by atoms with van der Waals surface area (Å²) in [6.07, 6.45) is 2.74. The van der Waals surface area contributed by atoms with Crippen molar-refractivity contribution in [2.75, 3.05) is 18.9 Å². The number of pyridine rings is 1. The minimum absolute atomic E-state index is 0.192. The van der Waals surface area contributed by atoms with Crippen LogP contribution in [0.15, 0.2) is 27.8 Å². The van der Waals surface area contributed by atoms with Gasteiger partial charge in [0.2, 0.25) is 0 Å². The summed E-state index contributed by atoms with van der Waals surface area (Å²) >= 11 is 5.17. The molecule has 0 aliphatic rings. The summed E-state index contributed by atoms with van der Waals surface area (Å²) in [5.41, 5.74) is 0. The Kier molecular flexibility index (Phi) is 7.03. The highest BCUT2D eigenvalue weighted by atomic mass is 79.9. The number of halogens is 1. The van der Waals surface area contributed by atoms with Gasteiger partial charge in [-0.25, -0.2) is 4.98 Å². The number of hydrogen-bond donors (Lipinski definition) is 2. The summed E-state index contributed by atoms with van der Waals surface area (Å²) in [5, 5.41) is 13.4. The fraction of sp³-hybridized carbons (Fsp3) is 0.545. The summed E-state index contributed by atoms with van der Waals surface area (Å²) in [6.45, 7) is 3.13. The van der Waals surface area contributed by atoms with Crippen molar-refractivity contribution in [2.24, 2.45) is 0 Å². The van der Waals surface area contributed by atoms with Gasteiger partial charge in [0.15, 0.2) is 0 Å². The van der Waals surface area contributed by atoms with Crippen LogP contribution in [0.25, 0.3) is 0 Å². The van der Waals surface area contributed by atoms with E-state index < -0.39 is 0 Å². The van der Waals surface area contributed by atoms with Crippen LogP contribution in [-0.4, -0.2) is 35.0 Å². The van der Waals surface area contributed by atoms with Gasteiger partial charge in [0.05, 0.1) is 6.61 Å². The first-order chi connectivity index (χ1) is 7.77. The van der Waals surface area contributed by atoms with Crippen molar-refractivity contribution in [2.45, 2.75) is 24.4 Å². The Balaban J connectivity index is 2.32. The minimum atomic E-state index is 0.192. The van der Waals surface area contributed by atoms with Crippen LogP contribution >= 0.6 is 27.7 Å². The second kappa shape index (κ2) is 8.06. The van der Waals surface area contributed by atoms with Crippen LogP contribution < -0.4 is 5.32 Å². The number of nitrogens with zero attached hydrogens (tertiary/aromatic N) is 1. The van der Waals surface area contributed by atoms with Crippen LogP contribution in [0.2, 0.25) is 0 Å². The van der Waals surface area contributed by atoms with Gasteiger partial charge < -0.3 is 10.4 Å². The molecule has 16 heavy (non-hydrogen) atoms. The molecule has 0 bridgehead atoms. The number of aromatic nitrogens is 1. The van der Waals surface area contributed by atoms with Gasteiger partial charge >= 0.3 is 0 Å². The molecule has 3 nitrogen and oxygen atoms in total. The fourth-order valence-corrected chi connectivity index (χ4v) is 2.86. The number of hydrogen-bond acceptors (Lipinski definition) is 4. The van der Waals surface area contributed by atoms with Crippen molar-refractivity contribution >= 4 is 27.7 Å². The van der Waals surface area contributed by atoms with E-state index in [9.17, 15) is 0 Å². The Morgan fingerprint density at radius 1 is 1.62 bits per heavy atom. The highest BCUT2D eigenvalue weighted by Crippen LogP contribution is 2.25. The van der Waals surface area contributed by atoms with Gasteiger partial charge in [-0.1, -0.05) is 6.92 Å². The molecular weight excluding hydrogens is 288 g/mol. The number of nitrogens with one attached hydrogen (secondary N) is 1. The molecule has 1 atom stereocenters. The molecule has 0 aliphatic heterocycles. The highest BCUT2D eigenvalue weighted by Gasteiger charge is 2.06. The molecule has 1 unspecified atom stereocenters. The summed E-state index contributed by atoms with van der Waals surface area (Å²) in [6, 6.07) is 4.09. The average Bonchev–Trinajstić information content (AvgIpc) is 2.30. The van der Waals surface area contributed by atoms with E-state index in [1.807, 2.05) is 19.1 Å². The molecule has 90 valence electrons. The Bertz CT molecular complexity index is 312. The second-order valence-electron chi connectivity index (χ2n) is 3.36. The Morgan fingerprint density at radius 3 is 3.06 bits per heavy atom. The minimum Gasteiger partial charge on any atom is -0.395 e. The van der Waals surface area contributed by atoms with Gasteiger partial charge in [-0.15, -0.1) is 11.8 Å². The smallest absolute Gasteiger partial charge is 0.110 e. The predicted molar refractivity (Wildman–Crippen MR) is 71.8 cm³/mol. The Morgan fingerprint density at radius 2 is 2.44 bits per heavy atom. The van der Waals surface area contributed by atoms with Gasteiger partial charge in [-0.3, -0.25) is 0 Å². The molecule has 0 aromatic carbocycles. The van der Waals surface area contributed by atoms with Crippen molar-refractivity contribution in [3.63, 3.8) is 0 Å². The molecule has 0 aliphatic carbocycles. The van der Waals surface area contributed by atoms with Gasteiger partial charge in [0.25, 0.3) is 0 Å². The molecule has 0 radical (unpaired) electrons. The quantitative estimate of drug-likeness (QED) is 0.759. The summed E-state index contributed by atoms with van der Waals surface area (Å²) < 4.78 is 1.03. The lowest BCUT2D eigenvalue weighted by Gasteiger charge is -2.14. The van der Waals surface area contributed by atoms with Crippen molar-refractivity contribution in [3.05, 3.63) is 22.8 Å². The molecule has 0 amide bonds. The number of aliphatic hydroxyl groups is 1. The van der Waals surface area contributed by atoms with Crippen molar-refractivity contribution in [1.82, 2.24) is 10.3 Å². The first-order valence-electron chi connectivity index (χ1n) is 5.35. The zero-order chi connectivity index (χ0) is 11.8. The van der Waals surface area contributed by atoms with Gasteiger partial charge in [0, 0.05) is 22.5 Å². The van der Waals surface area contributed by atoms with Crippen molar-refractivity contribution in [3.8, 4) is 0 Å². The maximum Gasteiger partial charge on any atom is 0.110 e. The molecular formula is C11H17BrN2OS. The zero-order valence-corrected chi connectivity index (χ0v) is 11.7. The van der Waals surface area contributed by atoms with E-state index in [1.165, 1.54) is 0 Å². The second-order valence-corrected chi connectivity index (χ2v) is 5.30. The molecule has 0 spiro atoms. The molecule has 1 aromatic heterocycles. The van der Waals surface area contributed by atoms with Crippen LogP contribution in [0, 0.1) is 0 Å². The van der Waals surface area contributed by atoms with E-state index in [1.54, 1.807) is 18.0 Å². The van der Waals surface area contributed by atoms with E-state index in [-0.39, 0.29) is 12.6 Å². The largest absolute Gasteiger partial charge is 0.395 e. The number of aliphatic hydroxyl groups excluding tert-OH is 1. The Labute approximate surface area is 109 Å². The van der Waals surface area contributed by atoms with Gasteiger partial charge in [-0.05, 0) is 41.0 Å². The van der Waals surface area contributed by atoms with Crippen LogP contribution in [0.1, 0.15) is 13.3 Å². The van der Waals surface area contributed by atoms with Crippen LogP contribution in [0.4, 0.5) is 0 Å². The highest BCUT2D eigenvalue weighted by molar-refractivity contribution is 9.10. The lowest BCUT2D eigenvalue weighted by Crippen LogP contribution is -2.32. The Hall–Kier alpha value is -0.100. The van der Waals surface area contributed by atoms with Gasteiger partial charge in [-0.2, -0.15) is 0 Å². The molecule has 2 N–H and O–H groups in total. The average molecular weight is 305 g/mol. The predicted octanol–water partition coefficient (Wildman–Crippen LogP) is 2.30. The summed E-state index contributed by atoms with van der Waals surface area (Å²) in [4.78, 5) is 4.28. The molecule has 1 heterocycles. The van der Waals surface area contributed by atoms with E-state index in [0.717, 1.165) is 28.2 Å². The van der Waals surface area contributed by atoms with Crippen LogP contribution in [0.3, 0.4) is 0 Å². The van der Waals surface area contributed by atoms with Gasteiger partial charge in [0.1, 0.15) is 5.03 Å². The third-order valence-electron chi connectivity index (χ3n) is 2.14. The first kappa shape index (κ1) is 14.0. The van der Waals surface area contributed by atoms with Crippen molar-refractivity contribution < 1.29 is 5.11 Å². The molecule has 1 rings (SSSR count). The normalized spacial score (nSPS) is 12.7. The maximum atomic E-state index is 9.11. The molecule has 0 saturated carbocycles. The standard InChI is InChI=1S/C11H17BrN2OS/c1-2-13-9(8-15)5-7-16-11-10(12)4-3-6-14-11/h3-4,6,9,13,15H,2,5,7-8H2,1H3. The SMILES string of the molecule is CCNC(CO)CCSc1ncccc1Br. The fourth-order valence-electron chi connectivity index (χ4n) is 1.32. The number of thioether (sulfide) groups is 1. The van der Waals surface area contributed by atoms with E-state index in [4.69, 9.17) is 5.11 Å². The number of likely N-dealkylation sites (N-methyl/N-ethyl adjacent to an activating group) is 1. The molecule has 5 heteroatoms. The first-order valence-corrected chi connectivity index (χ1v) is 7.13. The zero-order valence-electron chi connectivity index (χ0n) is 9.32. The third kappa shape index (κ3) is 4.82. The number of rotatable bonds is 7. The summed E-state index contributed by atoms with van der Waals surface area (Å²) in [7, 11) is 0. The van der Waals surface area contributed by atoms with Crippen LogP contribution in [0.5, 0.6) is 0 Å². The maximum absolute atomic E-state index is 9.11. The van der Waals surface area contributed by atoms with Crippen LogP contribution in [-0.2, 0) is 0 Å². The lowest BCUT2D eigenvalue weighted by molar-refractivity contribution is 0.242. The van der Waals surface area contributed by atoms with Crippen molar-refractivity contribution in [1.29, 1.82) is 0 Å². The lowest BCUT2D eigenvalue weighted by atomic mass is 10.2. The van der Waals surface area contributed by atoms with E-state index >= 15 is 0 Å². The summed E-state index contributed by atoms with van der Waals surface area (Å²) in [5.74, 6) is 0.952. The van der Waals surface area contributed by atoms with E-state index in [0.29, 0.717) is 0 Å². The van der Waals surface area contributed by atoms with E-state index in [2.05, 4.69) is 26.2 Å². The molecule has 0 fully saturated rings.